The molecule has 7 nitrogen and oxygen atoms in total. The smallest absolute Gasteiger partial charge is 0.251 e. The van der Waals surface area contributed by atoms with Gasteiger partial charge in [0.25, 0.3) is 5.91 Å². The van der Waals surface area contributed by atoms with Gasteiger partial charge in [0.15, 0.2) is 5.13 Å². The Hall–Kier alpha value is -3.52. The largest absolute Gasteiger partial charge is 0.349 e. The van der Waals surface area contributed by atoms with E-state index >= 15 is 0 Å². The number of hydrogen-bond donors (Lipinski definition) is 2. The maximum absolute atomic E-state index is 12.6. The Kier molecular flexibility index (Phi) is 5.35. The van der Waals surface area contributed by atoms with E-state index in [0.29, 0.717) is 12.1 Å². The highest BCUT2D eigenvalue weighted by Crippen LogP contribution is 2.26. The molecule has 4 rings (SSSR count). The molecule has 2 N–H and O–H groups in total. The van der Waals surface area contributed by atoms with Gasteiger partial charge in [0.2, 0.25) is 5.91 Å². The Balaban J connectivity index is 1.40. The Labute approximate surface area is 171 Å². The summed E-state index contributed by atoms with van der Waals surface area (Å²) in [5.41, 5.74) is 2.08. The molecule has 0 saturated heterocycles. The van der Waals surface area contributed by atoms with Crippen LogP contribution in [0.25, 0.3) is 15.3 Å². The van der Waals surface area contributed by atoms with Gasteiger partial charge in [-0.25, -0.2) is 4.98 Å². The van der Waals surface area contributed by atoms with E-state index in [1.54, 1.807) is 25.3 Å². The molecule has 0 radical (unpaired) electrons. The number of nitrogens with one attached hydrogen (secondary N) is 2. The van der Waals surface area contributed by atoms with E-state index in [9.17, 15) is 9.59 Å². The molecule has 0 spiro atoms. The van der Waals surface area contributed by atoms with Crippen LogP contribution in [0.2, 0.25) is 0 Å². The van der Waals surface area contributed by atoms with Crippen LogP contribution in [-0.2, 0) is 11.3 Å². The number of fused-ring (bicyclic) bond motifs is 1. The second kappa shape index (κ2) is 8.24. The molecule has 3 heterocycles. The number of aromatic nitrogens is 3. The normalized spacial score (nSPS) is 11.9. The fourth-order valence-corrected chi connectivity index (χ4v) is 3.78. The first-order valence-electron chi connectivity index (χ1n) is 9.12. The van der Waals surface area contributed by atoms with Crippen LogP contribution >= 0.6 is 11.3 Å². The average molecular weight is 405 g/mol. The van der Waals surface area contributed by atoms with Gasteiger partial charge in [0.1, 0.15) is 6.04 Å². The minimum absolute atomic E-state index is 0.266. The van der Waals surface area contributed by atoms with Crippen molar-refractivity contribution >= 4 is 33.4 Å². The van der Waals surface area contributed by atoms with Gasteiger partial charge < -0.3 is 15.2 Å². The van der Waals surface area contributed by atoms with E-state index in [2.05, 4.69) is 20.6 Å². The molecule has 2 amide bonds. The average Bonchev–Trinajstić information content (AvgIpc) is 3.41. The predicted octanol–water partition coefficient (Wildman–Crippen LogP) is 2.92. The van der Waals surface area contributed by atoms with Crippen molar-refractivity contribution in [2.45, 2.75) is 19.5 Å². The van der Waals surface area contributed by atoms with Crippen molar-refractivity contribution in [2.24, 2.45) is 0 Å². The van der Waals surface area contributed by atoms with Crippen molar-refractivity contribution < 1.29 is 9.59 Å². The van der Waals surface area contributed by atoms with Gasteiger partial charge >= 0.3 is 0 Å². The van der Waals surface area contributed by atoms with Crippen molar-refractivity contribution in [3.63, 3.8) is 0 Å². The number of hydrogen-bond acceptors (Lipinski definition) is 5. The molecule has 1 atom stereocenters. The zero-order chi connectivity index (χ0) is 20.2. The summed E-state index contributed by atoms with van der Waals surface area (Å²) < 4.78 is 2.84. The molecule has 0 aliphatic carbocycles. The summed E-state index contributed by atoms with van der Waals surface area (Å²) in [6, 6.07) is 14.0. The molecule has 4 aromatic rings. The molecule has 146 valence electrons. The molecule has 0 bridgehead atoms. The van der Waals surface area contributed by atoms with Crippen LogP contribution in [0.1, 0.15) is 23.0 Å². The SMILES string of the molecule is C[C@@H](NC(=O)c1ccc2nc(-n3cccc3)sc2c1)C(=O)NCc1ccccn1. The molecule has 0 aliphatic rings. The summed E-state index contributed by atoms with van der Waals surface area (Å²) in [4.78, 5) is 33.6. The number of benzene rings is 1. The number of amides is 2. The van der Waals surface area contributed by atoms with Gasteiger partial charge in [-0.3, -0.25) is 14.6 Å². The van der Waals surface area contributed by atoms with Crippen molar-refractivity contribution in [2.75, 3.05) is 0 Å². The molecule has 3 aromatic heterocycles. The highest BCUT2D eigenvalue weighted by atomic mass is 32.1. The zero-order valence-corrected chi connectivity index (χ0v) is 16.5. The Morgan fingerprint density at radius 3 is 2.72 bits per heavy atom. The molecule has 8 heteroatoms. The molecule has 29 heavy (non-hydrogen) atoms. The van der Waals surface area contributed by atoms with Crippen LogP contribution in [0.4, 0.5) is 0 Å². The third-order valence-corrected chi connectivity index (χ3v) is 5.41. The quantitative estimate of drug-likeness (QED) is 0.516. The lowest BCUT2D eigenvalue weighted by Gasteiger charge is -2.14. The Bertz CT molecular complexity index is 1140. The van der Waals surface area contributed by atoms with E-state index in [-0.39, 0.29) is 11.8 Å². The van der Waals surface area contributed by atoms with Crippen molar-refractivity contribution in [1.29, 1.82) is 0 Å². The van der Waals surface area contributed by atoms with Gasteiger partial charge in [0.05, 0.1) is 22.5 Å². The van der Waals surface area contributed by atoms with E-state index in [1.165, 1.54) is 11.3 Å². The second-order valence-electron chi connectivity index (χ2n) is 6.50. The number of pyridine rings is 1. The molecule has 0 fully saturated rings. The number of carbonyl (C=O) groups excluding carboxylic acids is 2. The first-order chi connectivity index (χ1) is 14.1. The standard InChI is InChI=1S/C21H19N5O2S/c1-14(19(27)23-13-16-6-2-3-9-22-16)24-20(28)15-7-8-17-18(12-15)29-21(25-17)26-10-4-5-11-26/h2-12,14H,13H2,1H3,(H,23,27)(H,24,28)/t14-/m1/s1. The topological polar surface area (TPSA) is 88.9 Å². The van der Waals surface area contributed by atoms with E-state index < -0.39 is 6.04 Å². The van der Waals surface area contributed by atoms with Crippen LogP contribution in [0.15, 0.2) is 67.1 Å². The van der Waals surface area contributed by atoms with E-state index in [1.807, 2.05) is 53.4 Å². The third kappa shape index (κ3) is 4.33. The number of nitrogens with zero attached hydrogens (tertiary/aromatic N) is 3. The van der Waals surface area contributed by atoms with Crippen LogP contribution in [-0.4, -0.2) is 32.4 Å². The third-order valence-electron chi connectivity index (χ3n) is 4.38. The molecule has 1 aromatic carbocycles. The van der Waals surface area contributed by atoms with E-state index in [4.69, 9.17) is 0 Å². The second-order valence-corrected chi connectivity index (χ2v) is 7.51. The maximum atomic E-state index is 12.6. The molecular weight excluding hydrogens is 386 g/mol. The minimum atomic E-state index is -0.668. The van der Waals surface area contributed by atoms with Crippen molar-refractivity contribution in [3.05, 3.63) is 78.4 Å². The fraction of sp³-hybridized carbons (Fsp3) is 0.143. The highest BCUT2D eigenvalue weighted by molar-refractivity contribution is 7.20. The lowest BCUT2D eigenvalue weighted by atomic mass is 10.2. The first-order valence-corrected chi connectivity index (χ1v) is 9.94. The van der Waals surface area contributed by atoms with Crippen LogP contribution in [0, 0.1) is 0 Å². The molecule has 0 unspecified atom stereocenters. The van der Waals surface area contributed by atoms with Gasteiger partial charge in [-0.05, 0) is 49.4 Å². The predicted molar refractivity (Wildman–Crippen MR) is 112 cm³/mol. The fourth-order valence-electron chi connectivity index (χ4n) is 2.81. The monoisotopic (exact) mass is 405 g/mol. The van der Waals surface area contributed by atoms with E-state index in [0.717, 1.165) is 21.0 Å². The Morgan fingerprint density at radius 1 is 1.14 bits per heavy atom. The first kappa shape index (κ1) is 18.8. The van der Waals surface area contributed by atoms with Crippen LogP contribution in [0.5, 0.6) is 0 Å². The van der Waals surface area contributed by atoms with Gasteiger partial charge in [-0.2, -0.15) is 0 Å². The van der Waals surface area contributed by atoms with Gasteiger partial charge in [-0.1, -0.05) is 17.4 Å². The summed E-state index contributed by atoms with van der Waals surface area (Å²) in [5.74, 6) is -0.568. The summed E-state index contributed by atoms with van der Waals surface area (Å²) in [5, 5.41) is 6.35. The van der Waals surface area contributed by atoms with Crippen LogP contribution < -0.4 is 10.6 Å². The minimum Gasteiger partial charge on any atom is -0.349 e. The lowest BCUT2D eigenvalue weighted by molar-refractivity contribution is -0.122. The number of thiazole rings is 1. The van der Waals surface area contributed by atoms with Crippen molar-refractivity contribution in [1.82, 2.24) is 25.2 Å². The summed E-state index contributed by atoms with van der Waals surface area (Å²) in [6.07, 6.45) is 5.52. The summed E-state index contributed by atoms with van der Waals surface area (Å²) >= 11 is 1.50. The van der Waals surface area contributed by atoms with Gasteiger partial charge in [-0.15, -0.1) is 0 Å². The van der Waals surface area contributed by atoms with Crippen LogP contribution in [0.3, 0.4) is 0 Å². The molecular formula is C21H19N5O2S. The highest BCUT2D eigenvalue weighted by Gasteiger charge is 2.17. The molecule has 0 saturated carbocycles. The summed E-state index contributed by atoms with van der Waals surface area (Å²) in [6.45, 7) is 1.97. The maximum Gasteiger partial charge on any atom is 0.251 e. The van der Waals surface area contributed by atoms with Gasteiger partial charge in [0, 0.05) is 24.2 Å². The Morgan fingerprint density at radius 2 is 1.97 bits per heavy atom. The number of rotatable bonds is 6. The van der Waals surface area contributed by atoms with Crippen molar-refractivity contribution in [3.8, 4) is 5.13 Å². The zero-order valence-electron chi connectivity index (χ0n) is 15.7. The molecule has 0 aliphatic heterocycles. The summed E-state index contributed by atoms with van der Waals surface area (Å²) in [7, 11) is 0. The number of carbonyl (C=O) groups is 2. The lowest BCUT2D eigenvalue weighted by Crippen LogP contribution is -2.44.